The molecule has 4 aliphatic carbocycles. The number of hydrogen-bond acceptors (Lipinski definition) is 4. The standard InChI is InChI=1S/C23H29F4N3O4S/c1-20(2,30-35(33,34)17-6-13(11-24)3-4-16(17)23(25,26)27)19(32)29-22-9-14-5-15(10-22)8-21(7-14,12-22)18(28)31/h3-4,6,14-15,30H,5,7-12H2,1-2H3,(H2,28,31)(H,29,32). The molecular formula is C23H29F4N3O4S. The first-order valence-corrected chi connectivity index (χ1v) is 12.9. The van der Waals surface area contributed by atoms with Crippen LogP contribution in [0.1, 0.15) is 63.5 Å². The number of amides is 2. The number of nitrogens with one attached hydrogen (secondary N) is 2. The topological polar surface area (TPSA) is 118 Å². The molecule has 4 fully saturated rings. The number of halogens is 4. The molecule has 0 heterocycles. The van der Waals surface area contributed by atoms with Gasteiger partial charge in [-0.1, -0.05) is 6.07 Å². The van der Waals surface area contributed by atoms with E-state index < -0.39 is 61.6 Å². The van der Waals surface area contributed by atoms with Crippen LogP contribution >= 0.6 is 0 Å². The van der Waals surface area contributed by atoms with Crippen molar-refractivity contribution in [3.05, 3.63) is 29.3 Å². The second kappa shape index (κ2) is 8.16. The molecule has 1 aromatic rings. The van der Waals surface area contributed by atoms with Crippen molar-refractivity contribution in [3.8, 4) is 0 Å². The molecule has 194 valence electrons. The molecule has 0 radical (unpaired) electrons. The van der Waals surface area contributed by atoms with Gasteiger partial charge in [0.15, 0.2) is 0 Å². The van der Waals surface area contributed by atoms with E-state index >= 15 is 0 Å². The molecule has 0 saturated heterocycles. The molecule has 4 bridgehead atoms. The first-order chi connectivity index (χ1) is 16.0. The highest BCUT2D eigenvalue weighted by Crippen LogP contribution is 2.61. The summed E-state index contributed by atoms with van der Waals surface area (Å²) in [4.78, 5) is 24.4. The number of nitrogens with two attached hydrogens (primary N) is 1. The van der Waals surface area contributed by atoms with Crippen molar-refractivity contribution >= 4 is 21.8 Å². The molecule has 0 aliphatic heterocycles. The van der Waals surface area contributed by atoms with Gasteiger partial charge in [-0.25, -0.2) is 12.8 Å². The summed E-state index contributed by atoms with van der Waals surface area (Å²) in [5.41, 5.74) is 0.744. The van der Waals surface area contributed by atoms with Gasteiger partial charge in [0.05, 0.1) is 15.9 Å². The van der Waals surface area contributed by atoms with Crippen LogP contribution in [0.3, 0.4) is 0 Å². The van der Waals surface area contributed by atoms with Gasteiger partial charge in [0.25, 0.3) is 0 Å². The Labute approximate surface area is 201 Å². The Morgan fingerprint density at radius 3 is 2.23 bits per heavy atom. The summed E-state index contributed by atoms with van der Waals surface area (Å²) in [5, 5.41) is 2.93. The maximum Gasteiger partial charge on any atom is 0.417 e. The van der Waals surface area contributed by atoms with Crippen LogP contribution in [0, 0.1) is 17.3 Å². The van der Waals surface area contributed by atoms with Crippen LogP contribution in [0.5, 0.6) is 0 Å². The third kappa shape index (κ3) is 4.66. The lowest BCUT2D eigenvalue weighted by molar-refractivity contribution is -0.151. The number of sulfonamides is 1. The molecule has 12 heteroatoms. The van der Waals surface area contributed by atoms with Gasteiger partial charge in [-0.2, -0.15) is 17.9 Å². The molecule has 35 heavy (non-hydrogen) atoms. The van der Waals surface area contributed by atoms with E-state index in [4.69, 9.17) is 5.73 Å². The first kappa shape index (κ1) is 25.9. The number of hydrogen-bond donors (Lipinski definition) is 3. The van der Waals surface area contributed by atoms with Crippen LogP contribution in [-0.4, -0.2) is 31.3 Å². The van der Waals surface area contributed by atoms with Crippen LogP contribution in [0.25, 0.3) is 0 Å². The Morgan fingerprint density at radius 2 is 1.71 bits per heavy atom. The third-order valence-electron chi connectivity index (χ3n) is 7.71. The molecule has 4 N–H and O–H groups in total. The summed E-state index contributed by atoms with van der Waals surface area (Å²) in [5.74, 6) is -0.710. The Bertz CT molecular complexity index is 1150. The van der Waals surface area contributed by atoms with Crippen LogP contribution in [0.2, 0.25) is 0 Å². The summed E-state index contributed by atoms with van der Waals surface area (Å²) in [6.45, 7) is 1.34. The minimum atomic E-state index is -5.01. The molecule has 0 aromatic heterocycles. The average Bonchev–Trinajstić information content (AvgIpc) is 2.70. The summed E-state index contributed by atoms with van der Waals surface area (Å²) in [6.07, 6.45) is -1.13. The molecule has 4 aliphatic rings. The van der Waals surface area contributed by atoms with Gasteiger partial charge in [0.2, 0.25) is 21.8 Å². The minimum Gasteiger partial charge on any atom is -0.369 e. The number of carbonyl (C=O) groups excluding carboxylic acids is 2. The van der Waals surface area contributed by atoms with Crippen molar-refractivity contribution < 1.29 is 35.6 Å². The van der Waals surface area contributed by atoms with Crippen LogP contribution in [0.4, 0.5) is 17.6 Å². The van der Waals surface area contributed by atoms with Crippen molar-refractivity contribution in [2.75, 3.05) is 0 Å². The van der Waals surface area contributed by atoms with Crippen LogP contribution in [0.15, 0.2) is 23.1 Å². The first-order valence-electron chi connectivity index (χ1n) is 11.4. The Kier molecular flexibility index (Phi) is 6.03. The Hall–Kier alpha value is -2.21. The highest BCUT2D eigenvalue weighted by Gasteiger charge is 2.61. The molecule has 7 nitrogen and oxygen atoms in total. The van der Waals surface area contributed by atoms with Crippen molar-refractivity contribution in [2.45, 2.75) is 81.2 Å². The van der Waals surface area contributed by atoms with Gasteiger partial charge >= 0.3 is 6.18 Å². The Balaban J connectivity index is 1.59. The van der Waals surface area contributed by atoms with Crippen LogP contribution in [-0.2, 0) is 32.5 Å². The zero-order chi connectivity index (χ0) is 26.0. The van der Waals surface area contributed by atoms with E-state index in [9.17, 15) is 35.6 Å². The number of rotatable bonds is 7. The highest BCUT2D eigenvalue weighted by atomic mass is 32.2. The third-order valence-corrected chi connectivity index (χ3v) is 9.41. The maximum atomic E-state index is 13.5. The van der Waals surface area contributed by atoms with Gasteiger partial charge < -0.3 is 11.1 Å². The molecule has 0 spiro atoms. The quantitative estimate of drug-likeness (QED) is 0.480. The minimum absolute atomic E-state index is 0.210. The number of benzene rings is 1. The zero-order valence-corrected chi connectivity index (χ0v) is 20.3. The number of carbonyl (C=O) groups is 2. The Morgan fingerprint density at radius 1 is 1.11 bits per heavy atom. The molecule has 2 amide bonds. The lowest BCUT2D eigenvalue weighted by Gasteiger charge is -2.61. The van der Waals surface area contributed by atoms with E-state index in [2.05, 4.69) is 10.0 Å². The summed E-state index contributed by atoms with van der Waals surface area (Å²) < 4.78 is 81.7. The summed E-state index contributed by atoms with van der Waals surface area (Å²) >= 11 is 0. The zero-order valence-electron chi connectivity index (χ0n) is 19.5. The van der Waals surface area contributed by atoms with Gasteiger partial charge in [0.1, 0.15) is 12.2 Å². The predicted octanol–water partition coefficient (Wildman–Crippen LogP) is 3.17. The number of alkyl halides is 4. The van der Waals surface area contributed by atoms with Crippen molar-refractivity contribution in [1.82, 2.24) is 10.0 Å². The summed E-state index contributed by atoms with van der Waals surface area (Å²) in [7, 11) is -4.87. The number of primary amides is 1. The monoisotopic (exact) mass is 519 g/mol. The largest absolute Gasteiger partial charge is 0.417 e. The van der Waals surface area contributed by atoms with Gasteiger partial charge in [-0.3, -0.25) is 9.59 Å². The molecule has 1 aromatic carbocycles. The van der Waals surface area contributed by atoms with E-state index in [1.165, 1.54) is 13.8 Å². The van der Waals surface area contributed by atoms with Crippen LogP contribution < -0.4 is 15.8 Å². The average molecular weight is 520 g/mol. The fourth-order valence-corrected chi connectivity index (χ4v) is 8.29. The summed E-state index contributed by atoms with van der Waals surface area (Å²) in [6, 6.07) is 1.99. The second-order valence-electron chi connectivity index (χ2n) is 11.0. The van der Waals surface area contributed by atoms with Gasteiger partial charge in [0, 0.05) is 5.54 Å². The molecule has 5 rings (SSSR count). The SMILES string of the molecule is CC(C)(NS(=O)(=O)c1cc(CF)ccc1C(F)(F)F)C(=O)NC12CC3CC(C1)CC(C(N)=O)(C3)C2. The normalized spacial score (nSPS) is 30.3. The maximum absolute atomic E-state index is 13.5. The second-order valence-corrected chi connectivity index (χ2v) is 12.7. The van der Waals surface area contributed by atoms with Crippen molar-refractivity contribution in [2.24, 2.45) is 23.0 Å². The molecule has 4 saturated carbocycles. The van der Waals surface area contributed by atoms with E-state index in [-0.39, 0.29) is 17.4 Å². The van der Waals surface area contributed by atoms with E-state index in [1.54, 1.807) is 0 Å². The highest BCUT2D eigenvalue weighted by molar-refractivity contribution is 7.89. The predicted molar refractivity (Wildman–Crippen MR) is 118 cm³/mol. The van der Waals surface area contributed by atoms with E-state index in [1.807, 2.05) is 0 Å². The smallest absolute Gasteiger partial charge is 0.369 e. The molecule has 2 atom stereocenters. The van der Waals surface area contributed by atoms with Gasteiger partial charge in [-0.15, -0.1) is 0 Å². The van der Waals surface area contributed by atoms with Crippen molar-refractivity contribution in [3.63, 3.8) is 0 Å². The van der Waals surface area contributed by atoms with Crippen molar-refractivity contribution in [1.29, 1.82) is 0 Å². The van der Waals surface area contributed by atoms with Gasteiger partial charge in [-0.05, 0) is 81.9 Å². The fraction of sp³-hybridized carbons (Fsp3) is 0.652. The van der Waals surface area contributed by atoms with E-state index in [0.717, 1.165) is 12.5 Å². The molecular weight excluding hydrogens is 490 g/mol. The lowest BCUT2D eigenvalue weighted by Crippen LogP contribution is -2.68. The fourth-order valence-electron chi connectivity index (χ4n) is 6.64. The molecule has 2 unspecified atom stereocenters. The van der Waals surface area contributed by atoms with E-state index in [0.29, 0.717) is 44.2 Å². The lowest BCUT2D eigenvalue weighted by atomic mass is 9.46.